The third-order valence-corrected chi connectivity index (χ3v) is 4.70. The summed E-state index contributed by atoms with van der Waals surface area (Å²) in [6.07, 6.45) is 6.66. The van der Waals surface area contributed by atoms with Gasteiger partial charge in [0.2, 0.25) is 0 Å². The maximum atomic E-state index is 11.4. The Morgan fingerprint density at radius 1 is 1.42 bits per heavy atom. The number of nitrogens with one attached hydrogen (secondary N) is 1. The molecule has 24 heavy (non-hydrogen) atoms. The molecule has 9 heteroatoms. The highest BCUT2D eigenvalue weighted by molar-refractivity contribution is 7.90. The van der Waals surface area contributed by atoms with Gasteiger partial charge in [-0.2, -0.15) is 10.4 Å². The number of hydrogen-bond acceptors (Lipinski definition) is 7. The number of nitriles is 1. The second-order valence-electron chi connectivity index (χ2n) is 5.59. The molecule has 0 amide bonds. The van der Waals surface area contributed by atoms with Gasteiger partial charge in [-0.1, -0.05) is 0 Å². The summed E-state index contributed by atoms with van der Waals surface area (Å²) in [5, 5.41) is 16.3. The first kappa shape index (κ1) is 17.9. The Morgan fingerprint density at radius 3 is 2.79 bits per heavy atom. The smallest absolute Gasteiger partial charge is 0.147 e. The van der Waals surface area contributed by atoms with Crippen molar-refractivity contribution >= 4 is 15.7 Å². The van der Waals surface area contributed by atoms with Crippen molar-refractivity contribution in [3.63, 3.8) is 0 Å². The SMILES string of the molecule is CNc1ncnc(-c2cnn(C(CC#N)CCS(C)(=O)=O)c2)c1C. The largest absolute Gasteiger partial charge is 0.373 e. The molecule has 2 heterocycles. The fourth-order valence-electron chi connectivity index (χ4n) is 2.44. The summed E-state index contributed by atoms with van der Waals surface area (Å²) < 4.78 is 24.4. The fraction of sp³-hybridized carbons (Fsp3) is 0.467. The topological polar surface area (TPSA) is 114 Å². The first-order chi connectivity index (χ1) is 11.4. The van der Waals surface area contributed by atoms with Crippen LogP contribution in [0.2, 0.25) is 0 Å². The molecule has 0 aliphatic carbocycles. The maximum Gasteiger partial charge on any atom is 0.147 e. The van der Waals surface area contributed by atoms with Crippen molar-refractivity contribution in [2.75, 3.05) is 24.4 Å². The number of sulfone groups is 1. The zero-order valence-electron chi connectivity index (χ0n) is 13.9. The second-order valence-corrected chi connectivity index (χ2v) is 7.85. The van der Waals surface area contributed by atoms with Crippen LogP contribution in [0.4, 0.5) is 5.82 Å². The van der Waals surface area contributed by atoms with E-state index in [-0.39, 0.29) is 18.2 Å². The van der Waals surface area contributed by atoms with Crippen LogP contribution in [0.3, 0.4) is 0 Å². The number of anilines is 1. The predicted molar refractivity (Wildman–Crippen MR) is 91.1 cm³/mol. The molecule has 0 aliphatic rings. The molecule has 2 aromatic rings. The van der Waals surface area contributed by atoms with Crippen LogP contribution in [0.1, 0.15) is 24.4 Å². The van der Waals surface area contributed by atoms with E-state index in [1.165, 1.54) is 12.6 Å². The second kappa shape index (κ2) is 7.40. The van der Waals surface area contributed by atoms with Crippen LogP contribution in [0, 0.1) is 18.3 Å². The maximum absolute atomic E-state index is 11.4. The summed E-state index contributed by atoms with van der Waals surface area (Å²) in [5.41, 5.74) is 2.45. The normalized spacial score (nSPS) is 12.6. The van der Waals surface area contributed by atoms with E-state index >= 15 is 0 Å². The summed E-state index contributed by atoms with van der Waals surface area (Å²) >= 11 is 0. The molecule has 0 saturated heterocycles. The molecule has 1 N–H and O–H groups in total. The summed E-state index contributed by atoms with van der Waals surface area (Å²) in [5.74, 6) is 0.753. The minimum Gasteiger partial charge on any atom is -0.373 e. The third kappa shape index (κ3) is 4.29. The highest BCUT2D eigenvalue weighted by Crippen LogP contribution is 2.26. The Morgan fingerprint density at radius 2 is 2.17 bits per heavy atom. The Balaban J connectivity index is 2.29. The van der Waals surface area contributed by atoms with Gasteiger partial charge in [-0.05, 0) is 13.3 Å². The zero-order valence-corrected chi connectivity index (χ0v) is 14.7. The van der Waals surface area contributed by atoms with Crippen molar-refractivity contribution in [3.05, 3.63) is 24.3 Å². The van der Waals surface area contributed by atoms with Crippen molar-refractivity contribution in [3.8, 4) is 17.3 Å². The highest BCUT2D eigenvalue weighted by Gasteiger charge is 2.17. The molecule has 1 atom stereocenters. The minimum absolute atomic E-state index is 0.0188. The monoisotopic (exact) mass is 348 g/mol. The molecule has 0 bridgehead atoms. The molecule has 128 valence electrons. The number of aromatic nitrogens is 4. The van der Waals surface area contributed by atoms with Gasteiger partial charge in [0.1, 0.15) is 22.0 Å². The lowest BCUT2D eigenvalue weighted by molar-refractivity contribution is 0.447. The van der Waals surface area contributed by atoms with Crippen LogP contribution in [0.15, 0.2) is 18.7 Å². The van der Waals surface area contributed by atoms with E-state index in [1.807, 2.05) is 6.92 Å². The molecule has 2 aromatic heterocycles. The van der Waals surface area contributed by atoms with Crippen LogP contribution < -0.4 is 5.32 Å². The first-order valence-corrected chi connectivity index (χ1v) is 9.50. The van der Waals surface area contributed by atoms with Gasteiger partial charge in [0.25, 0.3) is 0 Å². The van der Waals surface area contributed by atoms with Gasteiger partial charge < -0.3 is 5.32 Å². The van der Waals surface area contributed by atoms with Crippen LogP contribution in [-0.4, -0.2) is 47.2 Å². The molecule has 2 rings (SSSR count). The molecule has 0 spiro atoms. The Kier molecular flexibility index (Phi) is 5.51. The lowest BCUT2D eigenvalue weighted by Crippen LogP contribution is -2.14. The first-order valence-electron chi connectivity index (χ1n) is 7.44. The van der Waals surface area contributed by atoms with E-state index in [9.17, 15) is 8.42 Å². The Bertz CT molecular complexity index is 853. The number of hydrogen-bond donors (Lipinski definition) is 1. The number of rotatable bonds is 7. The molecular weight excluding hydrogens is 328 g/mol. The summed E-state index contributed by atoms with van der Waals surface area (Å²) in [4.78, 5) is 8.45. The molecular formula is C15H20N6O2S. The summed E-state index contributed by atoms with van der Waals surface area (Å²) in [6, 6.07) is 1.80. The van der Waals surface area contributed by atoms with Gasteiger partial charge in [0.15, 0.2) is 0 Å². The summed E-state index contributed by atoms with van der Waals surface area (Å²) in [7, 11) is -1.30. The molecule has 0 aliphatic heterocycles. The number of nitrogens with zero attached hydrogens (tertiary/aromatic N) is 5. The van der Waals surface area contributed by atoms with Gasteiger partial charge in [-0.15, -0.1) is 0 Å². The van der Waals surface area contributed by atoms with E-state index in [4.69, 9.17) is 5.26 Å². The van der Waals surface area contributed by atoms with Crippen molar-refractivity contribution in [2.24, 2.45) is 0 Å². The molecule has 0 saturated carbocycles. The molecule has 0 radical (unpaired) electrons. The van der Waals surface area contributed by atoms with Crippen LogP contribution in [-0.2, 0) is 9.84 Å². The molecule has 1 unspecified atom stereocenters. The standard InChI is InChI=1S/C15H20N6O2S/c1-11-14(18-10-19-15(11)17-2)12-8-20-21(9-12)13(4-6-16)5-7-24(3,22)23/h8-10,13H,4-5,7H2,1-3H3,(H,17,18,19). The average Bonchev–Trinajstić information content (AvgIpc) is 3.00. The van der Waals surface area contributed by atoms with Crippen molar-refractivity contribution in [1.82, 2.24) is 19.7 Å². The van der Waals surface area contributed by atoms with Gasteiger partial charge in [-0.3, -0.25) is 4.68 Å². The van der Waals surface area contributed by atoms with Crippen molar-refractivity contribution in [2.45, 2.75) is 25.8 Å². The quantitative estimate of drug-likeness (QED) is 0.808. The predicted octanol–water partition coefficient (Wildman–Crippen LogP) is 1.58. The van der Waals surface area contributed by atoms with Crippen LogP contribution in [0.25, 0.3) is 11.3 Å². The Labute approximate surface area is 141 Å². The fourth-order valence-corrected chi connectivity index (χ4v) is 3.14. The Hall–Kier alpha value is -2.47. The van der Waals surface area contributed by atoms with Crippen LogP contribution in [0.5, 0.6) is 0 Å². The molecule has 0 fully saturated rings. The third-order valence-electron chi connectivity index (χ3n) is 3.72. The highest BCUT2D eigenvalue weighted by atomic mass is 32.2. The van der Waals surface area contributed by atoms with E-state index in [2.05, 4.69) is 26.5 Å². The van der Waals surface area contributed by atoms with Gasteiger partial charge in [0.05, 0.1) is 36.2 Å². The lowest BCUT2D eigenvalue weighted by atomic mass is 10.1. The lowest BCUT2D eigenvalue weighted by Gasteiger charge is -2.13. The van der Waals surface area contributed by atoms with Crippen LogP contribution >= 0.6 is 0 Å². The van der Waals surface area contributed by atoms with Gasteiger partial charge in [-0.25, -0.2) is 18.4 Å². The van der Waals surface area contributed by atoms with Crippen molar-refractivity contribution < 1.29 is 8.42 Å². The van der Waals surface area contributed by atoms with Gasteiger partial charge in [0, 0.05) is 30.6 Å². The van der Waals surface area contributed by atoms with Crippen molar-refractivity contribution in [1.29, 1.82) is 5.26 Å². The summed E-state index contributed by atoms with van der Waals surface area (Å²) in [6.45, 7) is 1.91. The zero-order chi connectivity index (χ0) is 17.7. The molecule has 0 aromatic carbocycles. The van der Waals surface area contributed by atoms with Gasteiger partial charge >= 0.3 is 0 Å². The van der Waals surface area contributed by atoms with E-state index in [0.29, 0.717) is 6.42 Å². The van der Waals surface area contributed by atoms with E-state index in [0.717, 1.165) is 22.6 Å². The average molecular weight is 348 g/mol. The molecule has 8 nitrogen and oxygen atoms in total. The van der Waals surface area contributed by atoms with E-state index in [1.54, 1.807) is 24.1 Å². The minimum atomic E-state index is -3.09. The van der Waals surface area contributed by atoms with E-state index < -0.39 is 9.84 Å².